The molecule has 5 nitrogen and oxygen atoms in total. The SMILES string of the molecule is COc1ccccc1Nc1nc(-c2cc3c4c(c2)CC(=O)N4CCC3)cs1. The van der Waals surface area contributed by atoms with Crippen molar-refractivity contribution < 1.29 is 9.53 Å². The van der Waals surface area contributed by atoms with Crippen molar-refractivity contribution in [2.45, 2.75) is 19.3 Å². The molecule has 0 saturated carbocycles. The number of nitrogens with zero attached hydrogens (tertiary/aromatic N) is 2. The third-order valence-electron chi connectivity index (χ3n) is 5.16. The number of anilines is 3. The Morgan fingerprint density at radius 2 is 2.07 bits per heavy atom. The van der Waals surface area contributed by atoms with Gasteiger partial charge in [-0.25, -0.2) is 4.98 Å². The number of nitrogens with one attached hydrogen (secondary N) is 1. The van der Waals surface area contributed by atoms with Crippen LogP contribution < -0.4 is 15.0 Å². The van der Waals surface area contributed by atoms with Crippen LogP contribution in [0.1, 0.15) is 17.5 Å². The van der Waals surface area contributed by atoms with E-state index in [4.69, 9.17) is 9.72 Å². The number of amides is 1. The van der Waals surface area contributed by atoms with Gasteiger partial charge >= 0.3 is 0 Å². The van der Waals surface area contributed by atoms with Crippen molar-refractivity contribution >= 4 is 33.8 Å². The van der Waals surface area contributed by atoms with Crippen molar-refractivity contribution in [2.75, 3.05) is 23.9 Å². The second-order valence-corrected chi connectivity index (χ2v) is 7.69. The molecule has 0 spiro atoms. The number of aryl methyl sites for hydroxylation is 1. The highest BCUT2D eigenvalue weighted by Gasteiger charge is 2.32. The molecule has 6 heteroatoms. The lowest BCUT2D eigenvalue weighted by Crippen LogP contribution is -2.31. The van der Waals surface area contributed by atoms with Gasteiger partial charge in [0.05, 0.1) is 30.6 Å². The maximum Gasteiger partial charge on any atom is 0.231 e. The lowest BCUT2D eigenvalue weighted by atomic mass is 9.96. The summed E-state index contributed by atoms with van der Waals surface area (Å²) in [6.07, 6.45) is 2.56. The highest BCUT2D eigenvalue weighted by molar-refractivity contribution is 7.14. The molecule has 1 aromatic heterocycles. The second kappa shape index (κ2) is 6.39. The first-order chi connectivity index (χ1) is 13.2. The standard InChI is InChI=1S/C21H19N3O2S/c1-26-18-7-3-2-6-16(18)22-21-23-17(12-27-21)14-9-13-5-4-8-24-19(25)11-15(10-14)20(13)24/h2-3,6-7,9-10,12H,4-5,8,11H2,1H3,(H,22,23). The average Bonchev–Trinajstić information content (AvgIpc) is 3.28. The van der Waals surface area contributed by atoms with Crippen molar-refractivity contribution in [1.29, 1.82) is 0 Å². The Morgan fingerprint density at radius 3 is 2.96 bits per heavy atom. The van der Waals surface area contributed by atoms with Crippen molar-refractivity contribution in [3.63, 3.8) is 0 Å². The van der Waals surface area contributed by atoms with Gasteiger partial charge in [-0.2, -0.15) is 0 Å². The van der Waals surface area contributed by atoms with Crippen LogP contribution in [0.25, 0.3) is 11.3 Å². The summed E-state index contributed by atoms with van der Waals surface area (Å²) in [4.78, 5) is 19.0. The van der Waals surface area contributed by atoms with Crippen LogP contribution in [0, 0.1) is 0 Å². The highest BCUT2D eigenvalue weighted by Crippen LogP contribution is 2.40. The van der Waals surface area contributed by atoms with Crippen LogP contribution in [0.2, 0.25) is 0 Å². The summed E-state index contributed by atoms with van der Waals surface area (Å²) in [5.74, 6) is 1.01. The summed E-state index contributed by atoms with van der Waals surface area (Å²) in [6, 6.07) is 12.1. The van der Waals surface area contributed by atoms with Gasteiger partial charge in [0.2, 0.25) is 5.91 Å². The first-order valence-electron chi connectivity index (χ1n) is 9.05. The molecular formula is C21H19N3O2S. The first-order valence-corrected chi connectivity index (χ1v) is 9.93. The van der Waals surface area contributed by atoms with E-state index in [-0.39, 0.29) is 5.91 Å². The molecule has 0 radical (unpaired) electrons. The van der Waals surface area contributed by atoms with E-state index in [1.165, 1.54) is 5.56 Å². The van der Waals surface area contributed by atoms with Crippen molar-refractivity contribution in [3.8, 4) is 17.0 Å². The zero-order chi connectivity index (χ0) is 18.4. The molecule has 0 unspecified atom stereocenters. The molecule has 0 aliphatic carbocycles. The molecule has 5 rings (SSSR count). The summed E-state index contributed by atoms with van der Waals surface area (Å²) >= 11 is 1.57. The first kappa shape index (κ1) is 16.3. The molecule has 1 N–H and O–H groups in total. The molecule has 3 aromatic rings. The van der Waals surface area contributed by atoms with Gasteiger partial charge in [0, 0.05) is 17.5 Å². The number of carbonyl (C=O) groups excluding carboxylic acids is 1. The molecule has 0 saturated heterocycles. The average molecular weight is 377 g/mol. The third kappa shape index (κ3) is 2.77. The molecule has 27 heavy (non-hydrogen) atoms. The number of thiazole rings is 1. The molecule has 3 heterocycles. The Balaban J connectivity index is 1.47. The van der Waals surface area contributed by atoms with Crippen LogP contribution in [-0.2, 0) is 17.6 Å². The molecule has 0 atom stereocenters. The van der Waals surface area contributed by atoms with Gasteiger partial charge in [-0.1, -0.05) is 12.1 Å². The molecule has 2 aromatic carbocycles. The predicted octanol–water partition coefficient (Wildman–Crippen LogP) is 4.40. The number of hydrogen-bond acceptors (Lipinski definition) is 5. The maximum atomic E-state index is 12.3. The van der Waals surface area contributed by atoms with Crippen LogP contribution in [0.5, 0.6) is 5.75 Å². The summed E-state index contributed by atoms with van der Waals surface area (Å²) in [6.45, 7) is 0.849. The Hall–Kier alpha value is -2.86. The quantitative estimate of drug-likeness (QED) is 0.732. The van der Waals surface area contributed by atoms with Gasteiger partial charge in [-0.15, -0.1) is 11.3 Å². The van der Waals surface area contributed by atoms with E-state index < -0.39 is 0 Å². The number of benzene rings is 2. The van der Waals surface area contributed by atoms with Gasteiger partial charge in [-0.3, -0.25) is 4.79 Å². The molecule has 0 fully saturated rings. The third-order valence-corrected chi connectivity index (χ3v) is 5.91. The number of hydrogen-bond donors (Lipinski definition) is 1. The minimum atomic E-state index is 0.222. The zero-order valence-corrected chi connectivity index (χ0v) is 15.8. The van der Waals surface area contributed by atoms with Crippen LogP contribution in [0.15, 0.2) is 41.8 Å². The Morgan fingerprint density at radius 1 is 1.22 bits per heavy atom. The molecule has 136 valence electrons. The van der Waals surface area contributed by atoms with Gasteiger partial charge in [0.25, 0.3) is 0 Å². The van der Waals surface area contributed by atoms with Crippen LogP contribution >= 0.6 is 11.3 Å². The van der Waals surface area contributed by atoms with E-state index in [0.29, 0.717) is 6.42 Å². The Bertz CT molecular complexity index is 1040. The summed E-state index contributed by atoms with van der Waals surface area (Å²) in [5, 5.41) is 6.22. The minimum Gasteiger partial charge on any atom is -0.495 e. The fourth-order valence-corrected chi connectivity index (χ4v) is 4.69. The zero-order valence-electron chi connectivity index (χ0n) is 15.0. The van der Waals surface area contributed by atoms with Crippen molar-refractivity contribution in [2.24, 2.45) is 0 Å². The van der Waals surface area contributed by atoms with E-state index in [0.717, 1.165) is 58.5 Å². The van der Waals surface area contributed by atoms with E-state index >= 15 is 0 Å². The van der Waals surface area contributed by atoms with Crippen LogP contribution in [0.3, 0.4) is 0 Å². The van der Waals surface area contributed by atoms with Crippen molar-refractivity contribution in [3.05, 3.63) is 52.9 Å². The smallest absolute Gasteiger partial charge is 0.231 e. The van der Waals surface area contributed by atoms with E-state index in [2.05, 4.69) is 22.8 Å². The van der Waals surface area contributed by atoms with Crippen LogP contribution in [-0.4, -0.2) is 24.5 Å². The number of rotatable bonds is 4. The van der Waals surface area contributed by atoms with Gasteiger partial charge in [0.1, 0.15) is 5.75 Å². The topological polar surface area (TPSA) is 54.5 Å². The monoisotopic (exact) mass is 377 g/mol. The number of methoxy groups -OCH3 is 1. The van der Waals surface area contributed by atoms with Crippen LogP contribution in [0.4, 0.5) is 16.5 Å². The fourth-order valence-electron chi connectivity index (χ4n) is 3.95. The Labute approximate surface area is 161 Å². The minimum absolute atomic E-state index is 0.222. The highest BCUT2D eigenvalue weighted by atomic mass is 32.1. The lowest BCUT2D eigenvalue weighted by Gasteiger charge is -2.25. The molecule has 1 amide bonds. The molecule has 0 bridgehead atoms. The van der Waals surface area contributed by atoms with Crippen molar-refractivity contribution in [1.82, 2.24) is 4.98 Å². The Kier molecular flexibility index (Phi) is 3.86. The molecule has 2 aliphatic heterocycles. The second-order valence-electron chi connectivity index (χ2n) is 6.83. The number of para-hydroxylation sites is 2. The van der Waals surface area contributed by atoms with E-state index in [1.807, 2.05) is 29.2 Å². The predicted molar refractivity (Wildman–Crippen MR) is 108 cm³/mol. The summed E-state index contributed by atoms with van der Waals surface area (Å²) < 4.78 is 5.39. The fraction of sp³-hybridized carbons (Fsp3) is 0.238. The number of ether oxygens (including phenoxy) is 1. The molecule has 2 aliphatic rings. The van der Waals surface area contributed by atoms with Gasteiger partial charge in [-0.05, 0) is 48.2 Å². The maximum absolute atomic E-state index is 12.3. The van der Waals surface area contributed by atoms with Gasteiger partial charge in [0.15, 0.2) is 5.13 Å². The number of aromatic nitrogens is 1. The lowest BCUT2D eigenvalue weighted by molar-refractivity contribution is -0.117. The van der Waals surface area contributed by atoms with E-state index in [9.17, 15) is 4.79 Å². The normalized spacial score (nSPS) is 15.0. The van der Waals surface area contributed by atoms with Gasteiger partial charge < -0.3 is 15.0 Å². The molecular weight excluding hydrogens is 358 g/mol. The number of carbonyl (C=O) groups is 1. The summed E-state index contributed by atoms with van der Waals surface area (Å²) in [5.41, 5.74) is 6.48. The largest absolute Gasteiger partial charge is 0.495 e. The summed E-state index contributed by atoms with van der Waals surface area (Å²) in [7, 11) is 1.66. The van der Waals surface area contributed by atoms with E-state index in [1.54, 1.807) is 18.4 Å².